The Kier molecular flexibility index (Phi) is 5.44. The van der Waals surface area contributed by atoms with Crippen molar-refractivity contribution < 1.29 is 4.79 Å². The maximum Gasteiger partial charge on any atom is 0.220 e. The van der Waals surface area contributed by atoms with E-state index in [-0.39, 0.29) is 11.9 Å². The lowest BCUT2D eigenvalue weighted by atomic mass is 10.1. The number of carbonyl (C=O) groups is 1. The summed E-state index contributed by atoms with van der Waals surface area (Å²) in [5.74, 6) is 1.89. The van der Waals surface area contributed by atoms with Gasteiger partial charge in [-0.05, 0) is 43.9 Å². The molecule has 1 aromatic carbocycles. The molecule has 1 amide bonds. The van der Waals surface area contributed by atoms with Gasteiger partial charge in [-0.3, -0.25) is 4.79 Å². The van der Waals surface area contributed by atoms with Crippen LogP contribution >= 0.6 is 0 Å². The standard InChI is InChI=1S/C19H23N5O/c1-14(19-23-22-17-5-3-2-4-12-24(17)19)21-18(25)11-10-15-6-8-16(13-20)9-7-15/h6-9,14H,2-5,10-12H2,1H3,(H,21,25). The number of benzene rings is 1. The monoisotopic (exact) mass is 337 g/mol. The van der Waals surface area contributed by atoms with Crippen molar-refractivity contribution in [1.29, 1.82) is 5.26 Å². The van der Waals surface area contributed by atoms with Gasteiger partial charge < -0.3 is 9.88 Å². The van der Waals surface area contributed by atoms with E-state index in [9.17, 15) is 4.79 Å². The molecule has 1 aliphatic rings. The van der Waals surface area contributed by atoms with E-state index in [0.29, 0.717) is 18.4 Å². The normalized spacial score (nSPS) is 14.9. The number of hydrogen-bond acceptors (Lipinski definition) is 4. The number of nitrogens with zero attached hydrogens (tertiary/aromatic N) is 4. The maximum atomic E-state index is 12.3. The highest BCUT2D eigenvalue weighted by Crippen LogP contribution is 2.18. The van der Waals surface area contributed by atoms with Crippen LogP contribution in [0.5, 0.6) is 0 Å². The molecule has 0 saturated heterocycles. The lowest BCUT2D eigenvalue weighted by molar-refractivity contribution is -0.121. The number of hydrogen-bond donors (Lipinski definition) is 1. The Labute approximate surface area is 147 Å². The first kappa shape index (κ1) is 17.2. The summed E-state index contributed by atoms with van der Waals surface area (Å²) in [6, 6.07) is 9.30. The number of amides is 1. The fourth-order valence-electron chi connectivity index (χ4n) is 3.21. The molecule has 3 rings (SSSR count). The lowest BCUT2D eigenvalue weighted by Gasteiger charge is -2.15. The average molecular weight is 337 g/mol. The first-order valence-electron chi connectivity index (χ1n) is 8.88. The Morgan fingerprint density at radius 1 is 1.28 bits per heavy atom. The molecule has 0 saturated carbocycles. The molecule has 1 N–H and O–H groups in total. The molecule has 0 fully saturated rings. The zero-order chi connectivity index (χ0) is 17.6. The molecule has 0 bridgehead atoms. The van der Waals surface area contributed by atoms with Gasteiger partial charge in [0.05, 0.1) is 17.7 Å². The molecule has 6 heteroatoms. The summed E-state index contributed by atoms with van der Waals surface area (Å²) in [6.45, 7) is 2.89. The van der Waals surface area contributed by atoms with Crippen molar-refractivity contribution in [3.63, 3.8) is 0 Å². The smallest absolute Gasteiger partial charge is 0.220 e. The molecular weight excluding hydrogens is 314 g/mol. The van der Waals surface area contributed by atoms with E-state index in [2.05, 4.69) is 26.2 Å². The molecule has 0 spiro atoms. The van der Waals surface area contributed by atoms with E-state index >= 15 is 0 Å². The van der Waals surface area contributed by atoms with Gasteiger partial charge in [0.1, 0.15) is 5.82 Å². The van der Waals surface area contributed by atoms with Crippen LogP contribution in [0, 0.1) is 11.3 Å². The number of aromatic nitrogens is 3. The molecular formula is C19H23N5O. The lowest BCUT2D eigenvalue weighted by Crippen LogP contribution is -2.29. The zero-order valence-corrected chi connectivity index (χ0v) is 14.5. The summed E-state index contributed by atoms with van der Waals surface area (Å²) in [6.07, 6.45) is 5.54. The van der Waals surface area contributed by atoms with Gasteiger partial charge in [0.15, 0.2) is 5.82 Å². The molecule has 25 heavy (non-hydrogen) atoms. The second-order valence-corrected chi connectivity index (χ2v) is 6.53. The van der Waals surface area contributed by atoms with Crippen LogP contribution in [-0.2, 0) is 24.2 Å². The van der Waals surface area contributed by atoms with E-state index in [4.69, 9.17) is 5.26 Å². The van der Waals surface area contributed by atoms with Crippen molar-refractivity contribution in [2.24, 2.45) is 0 Å². The van der Waals surface area contributed by atoms with E-state index in [0.717, 1.165) is 43.0 Å². The van der Waals surface area contributed by atoms with Gasteiger partial charge in [-0.25, -0.2) is 0 Å². The summed E-state index contributed by atoms with van der Waals surface area (Å²) in [5.41, 5.74) is 1.69. The summed E-state index contributed by atoms with van der Waals surface area (Å²) in [7, 11) is 0. The van der Waals surface area contributed by atoms with E-state index in [1.807, 2.05) is 19.1 Å². The largest absolute Gasteiger partial charge is 0.346 e. The summed E-state index contributed by atoms with van der Waals surface area (Å²) in [4.78, 5) is 12.3. The van der Waals surface area contributed by atoms with Crippen molar-refractivity contribution >= 4 is 5.91 Å². The molecule has 2 aromatic rings. The first-order chi connectivity index (χ1) is 12.2. The van der Waals surface area contributed by atoms with Crippen molar-refractivity contribution in [3.05, 3.63) is 47.0 Å². The van der Waals surface area contributed by atoms with Crippen molar-refractivity contribution in [1.82, 2.24) is 20.1 Å². The highest BCUT2D eigenvalue weighted by atomic mass is 16.1. The predicted molar refractivity (Wildman–Crippen MR) is 93.6 cm³/mol. The summed E-state index contributed by atoms with van der Waals surface area (Å²) < 4.78 is 2.17. The second-order valence-electron chi connectivity index (χ2n) is 6.53. The third-order valence-corrected chi connectivity index (χ3v) is 4.63. The van der Waals surface area contributed by atoms with Crippen LogP contribution in [0.25, 0.3) is 0 Å². The zero-order valence-electron chi connectivity index (χ0n) is 14.5. The fourth-order valence-corrected chi connectivity index (χ4v) is 3.21. The SMILES string of the molecule is CC(NC(=O)CCc1ccc(C#N)cc1)c1nnc2n1CCCCC2. The molecule has 1 unspecified atom stereocenters. The van der Waals surface area contributed by atoms with Gasteiger partial charge >= 0.3 is 0 Å². The Hall–Kier alpha value is -2.68. The van der Waals surface area contributed by atoms with Crippen molar-refractivity contribution in [3.8, 4) is 6.07 Å². The third-order valence-electron chi connectivity index (χ3n) is 4.63. The number of fused-ring (bicyclic) bond motifs is 1. The van der Waals surface area contributed by atoms with Crippen LogP contribution in [0.15, 0.2) is 24.3 Å². The molecule has 130 valence electrons. The highest BCUT2D eigenvalue weighted by molar-refractivity contribution is 5.76. The Balaban J connectivity index is 1.55. The van der Waals surface area contributed by atoms with Crippen LogP contribution in [0.3, 0.4) is 0 Å². The number of rotatable bonds is 5. The number of nitriles is 1. The van der Waals surface area contributed by atoms with Crippen molar-refractivity contribution in [2.75, 3.05) is 0 Å². The number of aryl methyl sites for hydroxylation is 2. The maximum absolute atomic E-state index is 12.3. The predicted octanol–water partition coefficient (Wildman–Crippen LogP) is 2.69. The van der Waals surface area contributed by atoms with Gasteiger partial charge in [-0.2, -0.15) is 5.26 Å². The minimum atomic E-state index is -0.146. The highest BCUT2D eigenvalue weighted by Gasteiger charge is 2.20. The Morgan fingerprint density at radius 3 is 2.84 bits per heavy atom. The second kappa shape index (κ2) is 7.93. The van der Waals surface area contributed by atoms with Gasteiger partial charge in [-0.1, -0.05) is 18.6 Å². The summed E-state index contributed by atoms with van der Waals surface area (Å²) in [5, 5.41) is 20.4. The topological polar surface area (TPSA) is 83.6 Å². The molecule has 1 atom stereocenters. The molecule has 0 radical (unpaired) electrons. The molecule has 2 heterocycles. The molecule has 1 aliphatic heterocycles. The Bertz CT molecular complexity index is 772. The Morgan fingerprint density at radius 2 is 2.08 bits per heavy atom. The molecule has 1 aromatic heterocycles. The fraction of sp³-hybridized carbons (Fsp3) is 0.474. The average Bonchev–Trinajstić information content (AvgIpc) is 2.89. The van der Waals surface area contributed by atoms with Crippen molar-refractivity contribution in [2.45, 2.75) is 58.0 Å². The van der Waals surface area contributed by atoms with Gasteiger partial charge in [0.25, 0.3) is 0 Å². The van der Waals surface area contributed by atoms with Crippen LogP contribution < -0.4 is 5.32 Å². The quantitative estimate of drug-likeness (QED) is 0.909. The molecule has 6 nitrogen and oxygen atoms in total. The van der Waals surface area contributed by atoms with Crippen LogP contribution in [0.2, 0.25) is 0 Å². The third kappa shape index (κ3) is 4.24. The van der Waals surface area contributed by atoms with Gasteiger partial charge in [0, 0.05) is 19.4 Å². The summed E-state index contributed by atoms with van der Waals surface area (Å²) >= 11 is 0. The number of nitrogens with one attached hydrogen (secondary N) is 1. The minimum absolute atomic E-state index is 0.00262. The number of carbonyl (C=O) groups excluding carboxylic acids is 1. The van der Waals surface area contributed by atoms with Gasteiger partial charge in [-0.15, -0.1) is 10.2 Å². The van der Waals surface area contributed by atoms with E-state index in [1.165, 1.54) is 6.42 Å². The first-order valence-corrected chi connectivity index (χ1v) is 8.88. The van der Waals surface area contributed by atoms with E-state index in [1.54, 1.807) is 12.1 Å². The van der Waals surface area contributed by atoms with Crippen LogP contribution in [0.4, 0.5) is 0 Å². The van der Waals surface area contributed by atoms with E-state index < -0.39 is 0 Å². The van der Waals surface area contributed by atoms with Crippen LogP contribution in [-0.4, -0.2) is 20.7 Å². The molecule has 0 aliphatic carbocycles. The minimum Gasteiger partial charge on any atom is -0.346 e. The van der Waals surface area contributed by atoms with Crippen LogP contribution in [0.1, 0.15) is 61.4 Å². The van der Waals surface area contributed by atoms with Gasteiger partial charge in [0.2, 0.25) is 5.91 Å².